The van der Waals surface area contributed by atoms with Gasteiger partial charge in [-0.1, -0.05) is 17.7 Å². The number of ether oxygens (including phenoxy) is 1. The van der Waals surface area contributed by atoms with E-state index in [4.69, 9.17) is 4.74 Å². The highest BCUT2D eigenvalue weighted by Crippen LogP contribution is 2.18. The molecule has 1 aromatic rings. The van der Waals surface area contributed by atoms with Gasteiger partial charge in [0.15, 0.2) is 0 Å². The highest BCUT2D eigenvalue weighted by Gasteiger charge is 2.30. The summed E-state index contributed by atoms with van der Waals surface area (Å²) in [6, 6.07) is 7.85. The number of benzene rings is 1. The molecule has 1 aromatic carbocycles. The Morgan fingerprint density at radius 2 is 1.77 bits per heavy atom. The third-order valence-electron chi connectivity index (χ3n) is 3.70. The molecule has 22 heavy (non-hydrogen) atoms. The molecule has 2 amide bonds. The van der Waals surface area contributed by atoms with Crippen LogP contribution in [0.4, 0.5) is 5.69 Å². The van der Waals surface area contributed by atoms with Gasteiger partial charge >= 0.3 is 0 Å². The average molecular weight is 304 g/mol. The van der Waals surface area contributed by atoms with E-state index in [-0.39, 0.29) is 24.5 Å². The van der Waals surface area contributed by atoms with E-state index in [1.165, 1.54) is 0 Å². The highest BCUT2D eigenvalue weighted by atomic mass is 16.5. The van der Waals surface area contributed by atoms with Crippen LogP contribution in [0.3, 0.4) is 0 Å². The quantitative estimate of drug-likeness (QED) is 0.854. The maximum Gasteiger partial charge on any atom is 0.251 e. The molecule has 0 aromatic heterocycles. The molecule has 120 valence electrons. The molecule has 0 spiro atoms. The third kappa shape index (κ3) is 3.85. The van der Waals surface area contributed by atoms with Gasteiger partial charge in [0.1, 0.15) is 12.6 Å². The van der Waals surface area contributed by atoms with Crippen molar-refractivity contribution in [2.75, 3.05) is 24.5 Å². The van der Waals surface area contributed by atoms with Crippen molar-refractivity contribution >= 4 is 17.5 Å². The minimum Gasteiger partial charge on any atom is -0.366 e. The van der Waals surface area contributed by atoms with Gasteiger partial charge < -0.3 is 14.5 Å². The van der Waals surface area contributed by atoms with Crippen LogP contribution >= 0.6 is 0 Å². The smallest absolute Gasteiger partial charge is 0.251 e. The van der Waals surface area contributed by atoms with Gasteiger partial charge in [-0.25, -0.2) is 0 Å². The molecule has 2 rings (SSSR count). The van der Waals surface area contributed by atoms with Gasteiger partial charge in [0.2, 0.25) is 5.91 Å². The number of nitrogens with zero attached hydrogens (tertiary/aromatic N) is 2. The lowest BCUT2D eigenvalue weighted by Gasteiger charge is -2.35. The van der Waals surface area contributed by atoms with Gasteiger partial charge in [-0.2, -0.15) is 0 Å². The largest absolute Gasteiger partial charge is 0.366 e. The predicted octanol–water partition coefficient (Wildman–Crippen LogP) is 1.98. The van der Waals surface area contributed by atoms with Gasteiger partial charge in [0.25, 0.3) is 5.91 Å². The molecule has 0 N–H and O–H groups in total. The van der Waals surface area contributed by atoms with Gasteiger partial charge in [0, 0.05) is 18.8 Å². The van der Waals surface area contributed by atoms with Crippen LogP contribution in [-0.2, 0) is 14.3 Å². The van der Waals surface area contributed by atoms with Gasteiger partial charge in [-0.05, 0) is 39.8 Å². The molecule has 5 nitrogen and oxygen atoms in total. The molecule has 5 heteroatoms. The molecule has 1 fully saturated rings. The molecule has 0 saturated carbocycles. The second-order valence-electron chi connectivity index (χ2n) is 5.97. The van der Waals surface area contributed by atoms with Crippen LogP contribution < -0.4 is 4.90 Å². The number of hydrogen-bond acceptors (Lipinski definition) is 3. The first kappa shape index (κ1) is 16.5. The summed E-state index contributed by atoms with van der Waals surface area (Å²) in [7, 11) is 0. The Hall–Kier alpha value is -1.88. The topological polar surface area (TPSA) is 49.9 Å². The van der Waals surface area contributed by atoms with Crippen molar-refractivity contribution in [1.82, 2.24) is 4.90 Å². The average Bonchev–Trinajstić information content (AvgIpc) is 2.47. The lowest BCUT2D eigenvalue weighted by molar-refractivity contribution is -0.148. The van der Waals surface area contributed by atoms with Crippen molar-refractivity contribution in [2.45, 2.75) is 39.9 Å². The summed E-state index contributed by atoms with van der Waals surface area (Å²) in [5.41, 5.74) is 2.04. The Morgan fingerprint density at radius 3 is 2.32 bits per heavy atom. The third-order valence-corrected chi connectivity index (χ3v) is 3.70. The van der Waals surface area contributed by atoms with Crippen LogP contribution in [0.1, 0.15) is 26.3 Å². The van der Waals surface area contributed by atoms with Gasteiger partial charge in [-0.3, -0.25) is 9.59 Å². The normalized spacial score (nSPS) is 17.0. The van der Waals surface area contributed by atoms with E-state index >= 15 is 0 Å². The first-order valence-electron chi connectivity index (χ1n) is 7.69. The SMILES string of the molecule is Cc1ccc(N2CCN(C(=O)[C@H](C)OC(C)C)CC2=O)cc1. The van der Waals surface area contributed by atoms with E-state index < -0.39 is 6.10 Å². The molecule has 1 heterocycles. The number of piperazine rings is 1. The maximum absolute atomic E-state index is 12.3. The second-order valence-corrected chi connectivity index (χ2v) is 5.97. The predicted molar refractivity (Wildman–Crippen MR) is 85.8 cm³/mol. The summed E-state index contributed by atoms with van der Waals surface area (Å²) in [5.74, 6) is -0.175. The fraction of sp³-hybridized carbons (Fsp3) is 0.529. The Bertz CT molecular complexity index is 539. The number of carbonyl (C=O) groups excluding carboxylic acids is 2. The molecule has 1 aliphatic heterocycles. The summed E-state index contributed by atoms with van der Waals surface area (Å²) in [6.07, 6.45) is -0.526. The fourth-order valence-electron chi connectivity index (χ4n) is 2.58. The minimum absolute atomic E-state index is 0.0106. The number of rotatable bonds is 4. The fourth-order valence-corrected chi connectivity index (χ4v) is 2.58. The number of amides is 2. The zero-order valence-electron chi connectivity index (χ0n) is 13.7. The standard InChI is InChI=1S/C17H24N2O3/c1-12(2)22-14(4)17(21)18-9-10-19(16(20)11-18)15-7-5-13(3)6-8-15/h5-8,12,14H,9-11H2,1-4H3/t14-/m0/s1. The van der Waals surface area contributed by atoms with Crippen LogP contribution in [0.5, 0.6) is 0 Å². The molecule has 0 aliphatic carbocycles. The lowest BCUT2D eigenvalue weighted by atomic mass is 10.2. The Labute approximate surface area is 131 Å². The zero-order valence-corrected chi connectivity index (χ0v) is 13.7. The molecule has 0 bridgehead atoms. The highest BCUT2D eigenvalue weighted by molar-refractivity contribution is 5.98. The van der Waals surface area contributed by atoms with Crippen molar-refractivity contribution in [1.29, 1.82) is 0 Å². The summed E-state index contributed by atoms with van der Waals surface area (Å²) in [4.78, 5) is 27.9. The molecule has 1 saturated heterocycles. The van der Waals surface area contributed by atoms with Crippen molar-refractivity contribution in [3.8, 4) is 0 Å². The van der Waals surface area contributed by atoms with E-state index in [0.717, 1.165) is 11.3 Å². The van der Waals surface area contributed by atoms with Crippen LogP contribution in [0.25, 0.3) is 0 Å². The summed E-state index contributed by atoms with van der Waals surface area (Å²) >= 11 is 0. The minimum atomic E-state index is -0.515. The summed E-state index contributed by atoms with van der Waals surface area (Å²) in [6.45, 7) is 8.69. The zero-order chi connectivity index (χ0) is 16.3. The Kier molecular flexibility index (Phi) is 5.19. The number of aryl methyl sites for hydroxylation is 1. The van der Waals surface area contributed by atoms with Gasteiger partial charge in [-0.15, -0.1) is 0 Å². The van der Waals surface area contributed by atoms with E-state index in [1.54, 1.807) is 16.7 Å². The van der Waals surface area contributed by atoms with E-state index in [2.05, 4.69) is 0 Å². The van der Waals surface area contributed by atoms with Crippen LogP contribution in [0, 0.1) is 6.92 Å². The monoisotopic (exact) mass is 304 g/mol. The second kappa shape index (κ2) is 6.92. The summed E-state index contributed by atoms with van der Waals surface area (Å²) in [5, 5.41) is 0. The molecule has 0 radical (unpaired) electrons. The van der Waals surface area contributed by atoms with Crippen LogP contribution in [0.15, 0.2) is 24.3 Å². The number of hydrogen-bond donors (Lipinski definition) is 0. The Balaban J connectivity index is 1.99. The summed E-state index contributed by atoms with van der Waals surface area (Å²) < 4.78 is 5.51. The number of anilines is 1. The first-order valence-corrected chi connectivity index (χ1v) is 7.69. The van der Waals surface area contributed by atoms with E-state index in [9.17, 15) is 9.59 Å². The van der Waals surface area contributed by atoms with Crippen LogP contribution in [-0.4, -0.2) is 48.6 Å². The first-order chi connectivity index (χ1) is 10.4. The van der Waals surface area contributed by atoms with Gasteiger partial charge in [0.05, 0.1) is 6.10 Å². The Morgan fingerprint density at radius 1 is 1.14 bits per heavy atom. The van der Waals surface area contributed by atoms with E-state index in [1.807, 2.05) is 45.0 Å². The van der Waals surface area contributed by atoms with Crippen molar-refractivity contribution in [2.24, 2.45) is 0 Å². The van der Waals surface area contributed by atoms with E-state index in [0.29, 0.717) is 13.1 Å². The van der Waals surface area contributed by atoms with Crippen molar-refractivity contribution in [3.63, 3.8) is 0 Å². The van der Waals surface area contributed by atoms with Crippen LogP contribution in [0.2, 0.25) is 0 Å². The molecule has 0 unspecified atom stereocenters. The molecular formula is C17H24N2O3. The van der Waals surface area contributed by atoms with Crippen molar-refractivity contribution in [3.05, 3.63) is 29.8 Å². The number of carbonyl (C=O) groups is 2. The maximum atomic E-state index is 12.3. The molecule has 1 aliphatic rings. The molecular weight excluding hydrogens is 280 g/mol. The molecule has 1 atom stereocenters. The lowest BCUT2D eigenvalue weighted by Crippen LogP contribution is -2.54. The van der Waals surface area contributed by atoms with Crippen molar-refractivity contribution < 1.29 is 14.3 Å².